The molecule has 1 aromatic heterocycles. The number of nitrogens with zero attached hydrogens (tertiary/aromatic N) is 3. The van der Waals surface area contributed by atoms with E-state index in [0.717, 1.165) is 18.8 Å². The van der Waals surface area contributed by atoms with Crippen LogP contribution in [0.4, 0.5) is 11.4 Å². The molecule has 2 unspecified atom stereocenters. The van der Waals surface area contributed by atoms with E-state index in [1.807, 2.05) is 18.3 Å². The van der Waals surface area contributed by atoms with Crippen LogP contribution < -0.4 is 15.5 Å². The third kappa shape index (κ3) is 2.59. The van der Waals surface area contributed by atoms with Crippen LogP contribution in [0.5, 0.6) is 0 Å². The fourth-order valence-corrected chi connectivity index (χ4v) is 3.08. The molecule has 1 aliphatic rings. The molecule has 1 aromatic carbocycles. The van der Waals surface area contributed by atoms with Crippen LogP contribution in [0.15, 0.2) is 48.7 Å². The Bertz CT molecular complexity index is 597. The molecule has 0 fully saturated rings. The highest BCUT2D eigenvalue weighted by atomic mass is 15.3. The first-order chi connectivity index (χ1) is 10.2. The minimum Gasteiger partial charge on any atom is -0.371 e. The third-order valence-electron chi connectivity index (χ3n) is 4.10. The van der Waals surface area contributed by atoms with Gasteiger partial charge in [0.05, 0.1) is 23.1 Å². The second-order valence-corrected chi connectivity index (χ2v) is 5.66. The molecule has 4 heteroatoms. The highest BCUT2D eigenvalue weighted by Crippen LogP contribution is 2.37. The fraction of sp³-hybridized carbons (Fsp3) is 0.353. The summed E-state index contributed by atoms with van der Waals surface area (Å²) in [5.41, 5.74) is 9.82. The molecule has 2 aromatic rings. The molecule has 2 N–H and O–H groups in total. The monoisotopic (exact) mass is 282 g/mol. The van der Waals surface area contributed by atoms with E-state index in [-0.39, 0.29) is 12.1 Å². The van der Waals surface area contributed by atoms with Crippen LogP contribution in [0, 0.1) is 0 Å². The van der Waals surface area contributed by atoms with Gasteiger partial charge in [0.15, 0.2) is 0 Å². The van der Waals surface area contributed by atoms with Gasteiger partial charge in [-0.1, -0.05) is 18.2 Å². The molecular weight excluding hydrogens is 260 g/mol. The number of hydrogen-bond donors (Lipinski definition) is 1. The van der Waals surface area contributed by atoms with Crippen molar-refractivity contribution in [3.05, 3.63) is 54.4 Å². The number of rotatable bonds is 3. The molecule has 4 nitrogen and oxygen atoms in total. The van der Waals surface area contributed by atoms with Crippen molar-refractivity contribution in [3.8, 4) is 0 Å². The van der Waals surface area contributed by atoms with Crippen LogP contribution in [0.2, 0.25) is 0 Å². The van der Waals surface area contributed by atoms with Crippen molar-refractivity contribution in [3.63, 3.8) is 0 Å². The standard InChI is InChI=1S/C17H22N4/c1-13(18)17(14-7-5-6-10-19-14)21-12-11-20(2)15-8-3-4-9-16(15)21/h3-10,13,17H,11-12,18H2,1-2H3. The van der Waals surface area contributed by atoms with Gasteiger partial charge in [-0.15, -0.1) is 0 Å². The zero-order valence-electron chi connectivity index (χ0n) is 12.6. The van der Waals surface area contributed by atoms with Gasteiger partial charge in [-0.2, -0.15) is 0 Å². The summed E-state index contributed by atoms with van der Waals surface area (Å²) in [4.78, 5) is 9.22. The first-order valence-electron chi connectivity index (χ1n) is 7.42. The summed E-state index contributed by atoms with van der Waals surface area (Å²) in [6, 6.07) is 14.6. The van der Waals surface area contributed by atoms with Crippen LogP contribution in [-0.2, 0) is 0 Å². The predicted octanol–water partition coefficient (Wildman–Crippen LogP) is 2.43. The second kappa shape index (κ2) is 5.74. The number of anilines is 2. The SMILES string of the molecule is CC(N)C(c1ccccn1)N1CCN(C)c2ccccc21. The molecule has 0 radical (unpaired) electrons. The first-order valence-corrected chi connectivity index (χ1v) is 7.42. The van der Waals surface area contributed by atoms with E-state index in [1.54, 1.807) is 0 Å². The Labute approximate surface area is 126 Å². The molecule has 110 valence electrons. The lowest BCUT2D eigenvalue weighted by atomic mass is 10.0. The molecule has 0 aliphatic carbocycles. The van der Waals surface area contributed by atoms with Crippen molar-refractivity contribution in [1.29, 1.82) is 0 Å². The van der Waals surface area contributed by atoms with Crippen LogP contribution >= 0.6 is 0 Å². The summed E-state index contributed by atoms with van der Waals surface area (Å²) in [6.45, 7) is 4.00. The van der Waals surface area contributed by atoms with E-state index in [4.69, 9.17) is 5.73 Å². The summed E-state index contributed by atoms with van der Waals surface area (Å²) in [6.07, 6.45) is 1.84. The molecule has 0 saturated heterocycles. The van der Waals surface area contributed by atoms with Gasteiger partial charge in [-0.3, -0.25) is 4.98 Å². The lowest BCUT2D eigenvalue weighted by molar-refractivity contribution is 0.512. The Balaban J connectivity index is 2.04. The minimum atomic E-state index is 0.0105. The Hall–Kier alpha value is -2.07. The summed E-state index contributed by atoms with van der Waals surface area (Å²) in [5, 5.41) is 0. The molecule has 0 saturated carbocycles. The van der Waals surface area contributed by atoms with E-state index in [2.05, 4.69) is 59.1 Å². The Morgan fingerprint density at radius 2 is 1.76 bits per heavy atom. The minimum absolute atomic E-state index is 0.0105. The number of nitrogens with two attached hydrogens (primary N) is 1. The molecule has 2 heterocycles. The van der Waals surface area contributed by atoms with E-state index in [0.29, 0.717) is 0 Å². The molecule has 2 atom stereocenters. The zero-order chi connectivity index (χ0) is 14.8. The summed E-state index contributed by atoms with van der Waals surface area (Å²) in [5.74, 6) is 0. The van der Waals surface area contributed by atoms with Gasteiger partial charge in [-0.25, -0.2) is 0 Å². The number of para-hydroxylation sites is 2. The average Bonchev–Trinajstić information content (AvgIpc) is 2.51. The zero-order valence-corrected chi connectivity index (χ0v) is 12.6. The van der Waals surface area contributed by atoms with Crippen LogP contribution in [0.3, 0.4) is 0 Å². The summed E-state index contributed by atoms with van der Waals surface area (Å²) >= 11 is 0. The van der Waals surface area contributed by atoms with Crippen LogP contribution in [0.1, 0.15) is 18.7 Å². The highest BCUT2D eigenvalue weighted by molar-refractivity contribution is 5.73. The Kier molecular flexibility index (Phi) is 3.80. The number of pyridine rings is 1. The number of aromatic nitrogens is 1. The maximum absolute atomic E-state index is 6.30. The van der Waals surface area contributed by atoms with Crippen molar-refractivity contribution in [1.82, 2.24) is 4.98 Å². The normalized spacial score (nSPS) is 17.3. The third-order valence-corrected chi connectivity index (χ3v) is 4.10. The predicted molar refractivity (Wildman–Crippen MR) is 87.7 cm³/mol. The maximum atomic E-state index is 6.30. The lowest BCUT2D eigenvalue weighted by Gasteiger charge is -2.42. The van der Waals surface area contributed by atoms with Gasteiger partial charge in [0.25, 0.3) is 0 Å². The van der Waals surface area contributed by atoms with E-state index < -0.39 is 0 Å². The van der Waals surface area contributed by atoms with Crippen LogP contribution in [-0.4, -0.2) is 31.2 Å². The smallest absolute Gasteiger partial charge is 0.0863 e. The largest absolute Gasteiger partial charge is 0.371 e. The quantitative estimate of drug-likeness (QED) is 0.939. The van der Waals surface area contributed by atoms with Crippen molar-refractivity contribution in [2.24, 2.45) is 5.73 Å². The average molecular weight is 282 g/mol. The molecular formula is C17H22N4. The van der Waals surface area contributed by atoms with Gasteiger partial charge in [0.1, 0.15) is 0 Å². The number of fused-ring (bicyclic) bond motifs is 1. The second-order valence-electron chi connectivity index (χ2n) is 5.66. The maximum Gasteiger partial charge on any atom is 0.0863 e. The topological polar surface area (TPSA) is 45.4 Å². The van der Waals surface area contributed by atoms with Crippen molar-refractivity contribution in [2.45, 2.75) is 19.0 Å². The van der Waals surface area contributed by atoms with Crippen molar-refractivity contribution >= 4 is 11.4 Å². The van der Waals surface area contributed by atoms with Crippen molar-refractivity contribution in [2.75, 3.05) is 29.9 Å². The molecule has 3 rings (SSSR count). The lowest BCUT2D eigenvalue weighted by Crippen LogP contribution is -2.46. The highest BCUT2D eigenvalue weighted by Gasteiger charge is 2.30. The van der Waals surface area contributed by atoms with Crippen LogP contribution in [0.25, 0.3) is 0 Å². The van der Waals surface area contributed by atoms with E-state index in [1.165, 1.54) is 11.4 Å². The summed E-state index contributed by atoms with van der Waals surface area (Å²) < 4.78 is 0. The molecule has 21 heavy (non-hydrogen) atoms. The van der Waals surface area contributed by atoms with E-state index in [9.17, 15) is 0 Å². The molecule has 0 spiro atoms. The number of likely N-dealkylation sites (N-methyl/N-ethyl adjacent to an activating group) is 1. The fourth-order valence-electron chi connectivity index (χ4n) is 3.08. The van der Waals surface area contributed by atoms with Gasteiger partial charge < -0.3 is 15.5 Å². The van der Waals surface area contributed by atoms with Gasteiger partial charge in [0.2, 0.25) is 0 Å². The number of benzene rings is 1. The van der Waals surface area contributed by atoms with Gasteiger partial charge in [0, 0.05) is 32.4 Å². The molecule has 0 amide bonds. The Morgan fingerprint density at radius 3 is 2.43 bits per heavy atom. The van der Waals surface area contributed by atoms with E-state index >= 15 is 0 Å². The van der Waals surface area contributed by atoms with Gasteiger partial charge >= 0.3 is 0 Å². The Morgan fingerprint density at radius 1 is 1.05 bits per heavy atom. The van der Waals surface area contributed by atoms with Crippen molar-refractivity contribution < 1.29 is 0 Å². The summed E-state index contributed by atoms with van der Waals surface area (Å²) in [7, 11) is 2.14. The number of hydrogen-bond acceptors (Lipinski definition) is 4. The van der Waals surface area contributed by atoms with Gasteiger partial charge in [-0.05, 0) is 31.2 Å². The first kappa shape index (κ1) is 13.9. The molecule has 1 aliphatic heterocycles. The molecule has 0 bridgehead atoms.